The molecule has 106 valence electrons. The Labute approximate surface area is 130 Å². The highest BCUT2D eigenvalue weighted by atomic mass is 79.9. The molecule has 0 unspecified atom stereocenters. The fraction of sp³-hybridized carbons (Fsp3) is 0.125. The standard InChI is InChI=1S/C16H13BrN2O2/c1-10-2-3-12-13(16(17)21-14(12)8-10)9-15(20)19-11-4-6-18-7-5-11/h2-8H,9H2,1H3,(H,18,19,20). The van der Waals surface area contributed by atoms with Gasteiger partial charge in [0.15, 0.2) is 4.67 Å². The van der Waals surface area contributed by atoms with E-state index in [0.29, 0.717) is 4.67 Å². The number of halogens is 1. The molecule has 0 aliphatic heterocycles. The summed E-state index contributed by atoms with van der Waals surface area (Å²) in [5.74, 6) is -0.0924. The molecular formula is C16H13BrN2O2. The van der Waals surface area contributed by atoms with Crippen LogP contribution < -0.4 is 5.32 Å². The topological polar surface area (TPSA) is 55.1 Å². The molecular weight excluding hydrogens is 332 g/mol. The second-order valence-electron chi connectivity index (χ2n) is 4.81. The van der Waals surface area contributed by atoms with E-state index in [1.54, 1.807) is 24.5 Å². The zero-order chi connectivity index (χ0) is 14.8. The van der Waals surface area contributed by atoms with Gasteiger partial charge in [0.05, 0.1) is 6.42 Å². The maximum Gasteiger partial charge on any atom is 0.228 e. The third-order valence-corrected chi connectivity index (χ3v) is 3.84. The molecule has 21 heavy (non-hydrogen) atoms. The van der Waals surface area contributed by atoms with E-state index in [-0.39, 0.29) is 12.3 Å². The van der Waals surface area contributed by atoms with Crippen molar-refractivity contribution in [2.24, 2.45) is 0 Å². The number of amides is 1. The summed E-state index contributed by atoms with van der Waals surface area (Å²) < 4.78 is 6.26. The molecule has 4 nitrogen and oxygen atoms in total. The molecule has 3 aromatic rings. The average Bonchev–Trinajstić information content (AvgIpc) is 2.75. The van der Waals surface area contributed by atoms with Crippen LogP contribution in [0.2, 0.25) is 0 Å². The monoisotopic (exact) mass is 344 g/mol. The van der Waals surface area contributed by atoms with Crippen molar-refractivity contribution in [2.45, 2.75) is 13.3 Å². The van der Waals surface area contributed by atoms with E-state index in [9.17, 15) is 4.79 Å². The second-order valence-corrected chi connectivity index (χ2v) is 5.54. The lowest BCUT2D eigenvalue weighted by Crippen LogP contribution is -2.14. The Kier molecular flexibility index (Phi) is 3.75. The van der Waals surface area contributed by atoms with E-state index in [0.717, 1.165) is 27.8 Å². The van der Waals surface area contributed by atoms with Crippen LogP contribution in [0.15, 0.2) is 51.8 Å². The van der Waals surface area contributed by atoms with Crippen LogP contribution in [-0.4, -0.2) is 10.9 Å². The van der Waals surface area contributed by atoms with Crippen molar-refractivity contribution in [3.63, 3.8) is 0 Å². The first-order valence-corrected chi connectivity index (χ1v) is 7.30. The molecule has 0 saturated carbocycles. The van der Waals surface area contributed by atoms with Gasteiger partial charge in [-0.2, -0.15) is 0 Å². The van der Waals surface area contributed by atoms with Crippen molar-refractivity contribution in [1.29, 1.82) is 0 Å². The molecule has 2 aromatic heterocycles. The van der Waals surface area contributed by atoms with Gasteiger partial charge in [0, 0.05) is 29.0 Å². The first kappa shape index (κ1) is 13.8. The summed E-state index contributed by atoms with van der Waals surface area (Å²) in [4.78, 5) is 16.1. The minimum Gasteiger partial charge on any atom is -0.449 e. The van der Waals surface area contributed by atoms with Crippen molar-refractivity contribution >= 4 is 38.5 Å². The molecule has 1 amide bonds. The van der Waals surface area contributed by atoms with Crippen molar-refractivity contribution in [3.05, 3.63) is 58.5 Å². The summed E-state index contributed by atoms with van der Waals surface area (Å²) in [6.45, 7) is 2.01. The van der Waals surface area contributed by atoms with Gasteiger partial charge < -0.3 is 9.73 Å². The summed E-state index contributed by atoms with van der Waals surface area (Å²) in [6.07, 6.45) is 3.53. The number of aryl methyl sites for hydroxylation is 1. The zero-order valence-corrected chi connectivity index (χ0v) is 13.0. The van der Waals surface area contributed by atoms with E-state index in [2.05, 4.69) is 26.2 Å². The molecule has 2 heterocycles. The minimum absolute atomic E-state index is 0.0924. The second kappa shape index (κ2) is 5.69. The summed E-state index contributed by atoms with van der Waals surface area (Å²) in [7, 11) is 0. The normalized spacial score (nSPS) is 10.8. The Morgan fingerprint density at radius 3 is 2.81 bits per heavy atom. The number of furan rings is 1. The number of carbonyl (C=O) groups is 1. The van der Waals surface area contributed by atoms with Crippen molar-refractivity contribution in [2.75, 3.05) is 5.32 Å². The summed E-state index contributed by atoms with van der Waals surface area (Å²) in [5.41, 5.74) is 3.50. The van der Waals surface area contributed by atoms with Crippen LogP contribution in [0.4, 0.5) is 5.69 Å². The largest absolute Gasteiger partial charge is 0.449 e. The molecule has 3 rings (SSSR count). The summed E-state index contributed by atoms with van der Waals surface area (Å²) in [5, 5.41) is 3.80. The number of benzene rings is 1. The zero-order valence-electron chi connectivity index (χ0n) is 11.4. The smallest absolute Gasteiger partial charge is 0.228 e. The Hall–Kier alpha value is -2.14. The molecule has 0 fully saturated rings. The molecule has 0 aliphatic carbocycles. The summed E-state index contributed by atoms with van der Waals surface area (Å²) in [6, 6.07) is 9.46. The van der Waals surface area contributed by atoms with Crippen LogP contribution in [0.25, 0.3) is 11.0 Å². The van der Waals surface area contributed by atoms with Crippen LogP contribution in [0.3, 0.4) is 0 Å². The number of nitrogens with one attached hydrogen (secondary N) is 1. The van der Waals surface area contributed by atoms with E-state index in [1.807, 2.05) is 25.1 Å². The molecule has 0 spiro atoms. The van der Waals surface area contributed by atoms with Crippen LogP contribution in [0.1, 0.15) is 11.1 Å². The van der Waals surface area contributed by atoms with Gasteiger partial charge in [-0.1, -0.05) is 12.1 Å². The Balaban J connectivity index is 1.84. The number of nitrogens with zero attached hydrogens (tertiary/aromatic N) is 1. The Morgan fingerprint density at radius 2 is 2.05 bits per heavy atom. The van der Waals surface area contributed by atoms with E-state index >= 15 is 0 Å². The quantitative estimate of drug-likeness (QED) is 0.778. The predicted octanol–water partition coefficient (Wildman–Crippen LogP) is 4.08. The van der Waals surface area contributed by atoms with Crippen molar-refractivity contribution < 1.29 is 9.21 Å². The Bertz CT molecular complexity index is 797. The lowest BCUT2D eigenvalue weighted by molar-refractivity contribution is -0.115. The van der Waals surface area contributed by atoms with Gasteiger partial charge >= 0.3 is 0 Å². The fourth-order valence-corrected chi connectivity index (χ4v) is 2.72. The summed E-state index contributed by atoms with van der Waals surface area (Å²) >= 11 is 3.39. The fourth-order valence-electron chi connectivity index (χ4n) is 2.19. The van der Waals surface area contributed by atoms with Crippen LogP contribution in [0.5, 0.6) is 0 Å². The molecule has 1 aromatic carbocycles. The highest BCUT2D eigenvalue weighted by Crippen LogP contribution is 2.31. The highest BCUT2D eigenvalue weighted by molar-refractivity contribution is 9.10. The first-order valence-electron chi connectivity index (χ1n) is 6.51. The van der Waals surface area contributed by atoms with Gasteiger partial charge in [0.25, 0.3) is 0 Å². The molecule has 5 heteroatoms. The van der Waals surface area contributed by atoms with Gasteiger partial charge in [-0.15, -0.1) is 0 Å². The van der Waals surface area contributed by atoms with Gasteiger partial charge in [-0.25, -0.2) is 0 Å². The number of fused-ring (bicyclic) bond motifs is 1. The lowest BCUT2D eigenvalue weighted by atomic mass is 10.1. The maximum atomic E-state index is 12.1. The SMILES string of the molecule is Cc1ccc2c(CC(=O)Nc3ccncc3)c(Br)oc2c1. The maximum absolute atomic E-state index is 12.1. The first-order chi connectivity index (χ1) is 10.1. The predicted molar refractivity (Wildman–Crippen MR) is 85.2 cm³/mol. The molecule has 0 saturated heterocycles. The van der Waals surface area contributed by atoms with E-state index < -0.39 is 0 Å². The molecule has 0 atom stereocenters. The van der Waals surface area contributed by atoms with Crippen molar-refractivity contribution in [3.8, 4) is 0 Å². The molecule has 1 N–H and O–H groups in total. The van der Waals surface area contributed by atoms with Crippen LogP contribution in [-0.2, 0) is 11.2 Å². The minimum atomic E-state index is -0.0924. The van der Waals surface area contributed by atoms with Gasteiger partial charge in [0.1, 0.15) is 5.58 Å². The lowest BCUT2D eigenvalue weighted by Gasteiger charge is -2.04. The number of pyridine rings is 1. The van der Waals surface area contributed by atoms with Gasteiger partial charge in [-0.3, -0.25) is 9.78 Å². The van der Waals surface area contributed by atoms with E-state index in [4.69, 9.17) is 4.42 Å². The third kappa shape index (κ3) is 2.97. The third-order valence-electron chi connectivity index (χ3n) is 3.20. The number of carbonyl (C=O) groups excluding carboxylic acids is 1. The molecule has 0 bridgehead atoms. The van der Waals surface area contributed by atoms with Crippen LogP contribution in [0, 0.1) is 6.92 Å². The average molecular weight is 345 g/mol. The van der Waals surface area contributed by atoms with Crippen LogP contribution >= 0.6 is 15.9 Å². The van der Waals surface area contributed by atoms with Gasteiger partial charge in [0.2, 0.25) is 5.91 Å². The number of aromatic nitrogens is 1. The Morgan fingerprint density at radius 1 is 1.29 bits per heavy atom. The van der Waals surface area contributed by atoms with Crippen molar-refractivity contribution in [1.82, 2.24) is 4.98 Å². The number of hydrogen-bond acceptors (Lipinski definition) is 3. The number of anilines is 1. The molecule has 0 aliphatic rings. The van der Waals surface area contributed by atoms with E-state index in [1.165, 1.54) is 0 Å². The van der Waals surface area contributed by atoms with Gasteiger partial charge in [-0.05, 0) is 46.6 Å². The number of rotatable bonds is 3. The molecule has 0 radical (unpaired) electrons. The highest BCUT2D eigenvalue weighted by Gasteiger charge is 2.15. The number of hydrogen-bond donors (Lipinski definition) is 1.